The molecule has 5 nitrogen and oxygen atoms in total. The summed E-state index contributed by atoms with van der Waals surface area (Å²) in [5.41, 5.74) is 2.91. The highest BCUT2D eigenvalue weighted by Crippen LogP contribution is 2.23. The molecule has 0 saturated carbocycles. The standard InChI is InChI=1S/C11H17F3N2O3/c1-4-19-10(17)8(5-15)9(11(12,13)14)16-7(2)6-18-3/h5,7H,4,6,15H2,1-3H3. The van der Waals surface area contributed by atoms with E-state index in [0.29, 0.717) is 6.20 Å². The lowest BCUT2D eigenvalue weighted by atomic mass is 10.1. The van der Waals surface area contributed by atoms with Crippen molar-refractivity contribution in [3.8, 4) is 0 Å². The van der Waals surface area contributed by atoms with Gasteiger partial charge in [0.15, 0.2) is 5.71 Å². The van der Waals surface area contributed by atoms with E-state index in [2.05, 4.69) is 9.73 Å². The minimum atomic E-state index is -4.81. The van der Waals surface area contributed by atoms with Crippen molar-refractivity contribution >= 4 is 11.7 Å². The number of hydrogen-bond acceptors (Lipinski definition) is 5. The Morgan fingerprint density at radius 3 is 2.42 bits per heavy atom. The zero-order valence-electron chi connectivity index (χ0n) is 11.0. The Labute approximate surface area is 109 Å². The Morgan fingerprint density at radius 2 is 2.05 bits per heavy atom. The summed E-state index contributed by atoms with van der Waals surface area (Å²) in [6.07, 6.45) is -4.26. The highest BCUT2D eigenvalue weighted by atomic mass is 19.4. The average molecular weight is 282 g/mol. The summed E-state index contributed by atoms with van der Waals surface area (Å²) in [5.74, 6) is -1.16. The summed E-state index contributed by atoms with van der Waals surface area (Å²) in [4.78, 5) is 14.8. The van der Waals surface area contributed by atoms with Crippen LogP contribution in [-0.4, -0.2) is 44.2 Å². The maximum atomic E-state index is 12.9. The van der Waals surface area contributed by atoms with Crippen molar-refractivity contribution in [1.29, 1.82) is 0 Å². The topological polar surface area (TPSA) is 73.9 Å². The van der Waals surface area contributed by atoms with Crippen molar-refractivity contribution in [3.63, 3.8) is 0 Å². The van der Waals surface area contributed by atoms with Crippen molar-refractivity contribution in [2.75, 3.05) is 20.3 Å². The highest BCUT2D eigenvalue weighted by molar-refractivity contribution is 6.21. The molecule has 0 saturated heterocycles. The normalized spacial score (nSPS) is 15.3. The molecule has 0 amide bonds. The number of hydrogen-bond donors (Lipinski definition) is 1. The van der Waals surface area contributed by atoms with Gasteiger partial charge in [0.2, 0.25) is 0 Å². The average Bonchev–Trinajstić information content (AvgIpc) is 2.28. The van der Waals surface area contributed by atoms with Crippen LogP contribution in [-0.2, 0) is 14.3 Å². The van der Waals surface area contributed by atoms with Crippen LogP contribution in [0.4, 0.5) is 13.2 Å². The van der Waals surface area contributed by atoms with Crippen LogP contribution in [0.5, 0.6) is 0 Å². The molecule has 110 valence electrons. The predicted octanol–water partition coefficient (Wildman–Crippen LogP) is 1.43. The molecule has 0 aromatic rings. The Bertz CT molecular complexity index is 365. The summed E-state index contributed by atoms with van der Waals surface area (Å²) >= 11 is 0. The number of nitrogens with two attached hydrogens (primary N) is 1. The van der Waals surface area contributed by atoms with Crippen molar-refractivity contribution in [3.05, 3.63) is 11.8 Å². The van der Waals surface area contributed by atoms with Crippen LogP contribution in [0.1, 0.15) is 13.8 Å². The quantitative estimate of drug-likeness (QED) is 0.454. The van der Waals surface area contributed by atoms with E-state index in [1.807, 2.05) is 0 Å². The van der Waals surface area contributed by atoms with E-state index in [1.165, 1.54) is 21.0 Å². The van der Waals surface area contributed by atoms with Crippen molar-refractivity contribution < 1.29 is 27.4 Å². The van der Waals surface area contributed by atoms with E-state index in [9.17, 15) is 18.0 Å². The van der Waals surface area contributed by atoms with E-state index in [0.717, 1.165) is 0 Å². The van der Waals surface area contributed by atoms with Crippen molar-refractivity contribution in [1.82, 2.24) is 0 Å². The summed E-state index contributed by atoms with van der Waals surface area (Å²) in [7, 11) is 1.34. The van der Waals surface area contributed by atoms with E-state index >= 15 is 0 Å². The maximum Gasteiger partial charge on any atom is 0.433 e. The molecule has 0 rings (SSSR count). The zero-order chi connectivity index (χ0) is 15.1. The van der Waals surface area contributed by atoms with Gasteiger partial charge in [-0.1, -0.05) is 0 Å². The Balaban J connectivity index is 5.42. The molecule has 1 unspecified atom stereocenters. The van der Waals surface area contributed by atoms with Gasteiger partial charge in [-0.2, -0.15) is 13.2 Å². The van der Waals surface area contributed by atoms with Gasteiger partial charge in [-0.3, -0.25) is 4.99 Å². The molecule has 0 aliphatic heterocycles. The Kier molecular flexibility index (Phi) is 7.13. The second-order valence-electron chi connectivity index (χ2n) is 3.58. The van der Waals surface area contributed by atoms with E-state index in [4.69, 9.17) is 10.5 Å². The van der Waals surface area contributed by atoms with Gasteiger partial charge in [-0.25, -0.2) is 4.79 Å². The van der Waals surface area contributed by atoms with E-state index in [-0.39, 0.29) is 13.2 Å². The molecule has 8 heteroatoms. The van der Waals surface area contributed by atoms with Gasteiger partial charge in [0.1, 0.15) is 5.57 Å². The fourth-order valence-electron chi connectivity index (χ4n) is 1.25. The third-order valence-corrected chi connectivity index (χ3v) is 1.94. The van der Waals surface area contributed by atoms with Crippen molar-refractivity contribution in [2.45, 2.75) is 26.1 Å². The highest BCUT2D eigenvalue weighted by Gasteiger charge is 2.41. The van der Waals surface area contributed by atoms with E-state index in [1.54, 1.807) is 0 Å². The third kappa shape index (κ3) is 5.73. The molecular formula is C11H17F3N2O3. The first-order chi connectivity index (χ1) is 8.77. The summed E-state index contributed by atoms with van der Waals surface area (Å²) in [6, 6.07) is -0.772. The number of methoxy groups -OCH3 is 1. The fraction of sp³-hybridized carbons (Fsp3) is 0.636. The first-order valence-electron chi connectivity index (χ1n) is 5.51. The first kappa shape index (κ1) is 17.4. The lowest BCUT2D eigenvalue weighted by Crippen LogP contribution is -2.32. The van der Waals surface area contributed by atoms with Crippen LogP contribution in [0.2, 0.25) is 0 Å². The van der Waals surface area contributed by atoms with Gasteiger partial charge in [-0.15, -0.1) is 0 Å². The minimum absolute atomic E-state index is 0.0136. The van der Waals surface area contributed by atoms with Crippen LogP contribution in [0.25, 0.3) is 0 Å². The summed E-state index contributed by atoms with van der Waals surface area (Å²) in [6.45, 7) is 2.83. The van der Waals surface area contributed by atoms with Gasteiger partial charge in [0.05, 0.1) is 19.3 Å². The van der Waals surface area contributed by atoms with Gasteiger partial charge >= 0.3 is 12.1 Å². The molecule has 0 fully saturated rings. The first-order valence-corrected chi connectivity index (χ1v) is 5.51. The lowest BCUT2D eigenvalue weighted by Gasteiger charge is -2.15. The third-order valence-electron chi connectivity index (χ3n) is 1.94. The molecule has 0 aliphatic rings. The predicted molar refractivity (Wildman–Crippen MR) is 63.7 cm³/mol. The molecule has 1 atom stereocenters. The number of alkyl halides is 3. The van der Waals surface area contributed by atoms with Gasteiger partial charge in [-0.05, 0) is 13.8 Å². The molecule has 0 spiro atoms. The number of rotatable bonds is 6. The largest absolute Gasteiger partial charge is 0.462 e. The summed E-state index contributed by atoms with van der Waals surface area (Å²) < 4.78 is 47.9. The lowest BCUT2D eigenvalue weighted by molar-refractivity contribution is -0.138. The second kappa shape index (κ2) is 7.78. The number of esters is 1. The number of carbonyl (C=O) groups is 1. The second-order valence-corrected chi connectivity index (χ2v) is 3.58. The molecule has 19 heavy (non-hydrogen) atoms. The molecule has 0 aliphatic carbocycles. The molecule has 0 heterocycles. The Hall–Kier alpha value is -1.57. The molecule has 0 radical (unpaired) electrons. The molecule has 2 N–H and O–H groups in total. The molecular weight excluding hydrogens is 265 g/mol. The SMILES string of the molecule is CCOC(=O)C(=CN)C(=NC(C)COC)C(F)(F)F. The number of ether oxygens (including phenoxy) is 2. The number of aliphatic imine (C=N–C) groups is 1. The number of halogens is 3. The van der Waals surface area contributed by atoms with Crippen LogP contribution in [0.15, 0.2) is 16.8 Å². The van der Waals surface area contributed by atoms with Crippen LogP contribution in [0.3, 0.4) is 0 Å². The van der Waals surface area contributed by atoms with Crippen LogP contribution in [0, 0.1) is 0 Å². The van der Waals surface area contributed by atoms with E-state index < -0.39 is 29.5 Å². The molecule has 0 aromatic carbocycles. The van der Waals surface area contributed by atoms with Gasteiger partial charge in [0, 0.05) is 13.3 Å². The van der Waals surface area contributed by atoms with Crippen LogP contribution >= 0.6 is 0 Å². The minimum Gasteiger partial charge on any atom is -0.462 e. The zero-order valence-corrected chi connectivity index (χ0v) is 11.0. The number of carbonyl (C=O) groups excluding carboxylic acids is 1. The van der Waals surface area contributed by atoms with Crippen molar-refractivity contribution in [2.24, 2.45) is 10.7 Å². The van der Waals surface area contributed by atoms with Crippen LogP contribution < -0.4 is 5.73 Å². The monoisotopic (exact) mass is 282 g/mol. The number of nitrogens with zero attached hydrogens (tertiary/aromatic N) is 1. The van der Waals surface area contributed by atoms with Gasteiger partial charge < -0.3 is 15.2 Å². The summed E-state index contributed by atoms with van der Waals surface area (Å²) in [5, 5.41) is 0. The van der Waals surface area contributed by atoms with Gasteiger partial charge in [0.25, 0.3) is 0 Å². The smallest absolute Gasteiger partial charge is 0.433 e. The fourth-order valence-corrected chi connectivity index (χ4v) is 1.25. The Morgan fingerprint density at radius 1 is 1.47 bits per heavy atom. The molecule has 0 bridgehead atoms. The maximum absolute atomic E-state index is 12.9. The molecule has 0 aromatic heterocycles.